The molecular weight excluding hydrogens is 310 g/mol. The molecule has 3 rings (SSSR count). The molecule has 0 unspecified atom stereocenters. The highest BCUT2D eigenvalue weighted by molar-refractivity contribution is 7.12. The number of likely N-dealkylation sites (N-methyl/N-ethyl adjacent to an activating group) is 1. The maximum atomic E-state index is 12.8. The summed E-state index contributed by atoms with van der Waals surface area (Å²) in [6.07, 6.45) is 3.72. The van der Waals surface area contributed by atoms with Crippen molar-refractivity contribution in [2.45, 2.75) is 13.0 Å². The Kier molecular flexibility index (Phi) is 4.46. The first-order chi connectivity index (χ1) is 11.2. The molecule has 6 nitrogen and oxygen atoms in total. The van der Waals surface area contributed by atoms with Gasteiger partial charge in [-0.15, -0.1) is 11.3 Å². The fourth-order valence-electron chi connectivity index (χ4n) is 3.03. The van der Waals surface area contributed by atoms with E-state index in [9.17, 15) is 4.79 Å². The predicted octanol–water partition coefficient (Wildman–Crippen LogP) is 1.87. The van der Waals surface area contributed by atoms with Crippen LogP contribution < -0.4 is 0 Å². The van der Waals surface area contributed by atoms with Gasteiger partial charge in [0.1, 0.15) is 16.8 Å². The van der Waals surface area contributed by atoms with Crippen LogP contribution >= 0.6 is 11.3 Å². The number of hydrogen-bond donors (Lipinski definition) is 0. The van der Waals surface area contributed by atoms with Crippen molar-refractivity contribution < 1.29 is 4.79 Å². The van der Waals surface area contributed by atoms with Crippen molar-refractivity contribution >= 4 is 17.2 Å². The van der Waals surface area contributed by atoms with E-state index >= 15 is 0 Å². The minimum absolute atomic E-state index is 0.0495. The van der Waals surface area contributed by atoms with Crippen molar-refractivity contribution in [2.24, 2.45) is 7.05 Å². The largest absolute Gasteiger partial charge is 0.337 e. The average molecular weight is 329 g/mol. The number of piperazine rings is 1. The van der Waals surface area contributed by atoms with Crippen molar-refractivity contribution in [1.82, 2.24) is 19.4 Å². The third kappa shape index (κ3) is 2.87. The Bertz CT molecular complexity index is 744. The van der Waals surface area contributed by atoms with Crippen LogP contribution in [-0.2, 0) is 7.05 Å². The van der Waals surface area contributed by atoms with E-state index in [4.69, 9.17) is 5.26 Å². The lowest BCUT2D eigenvalue weighted by atomic mass is 10.1. The van der Waals surface area contributed by atoms with Crippen LogP contribution in [0.25, 0.3) is 0 Å². The summed E-state index contributed by atoms with van der Waals surface area (Å²) in [7, 11) is 1.98. The maximum absolute atomic E-state index is 12.8. The zero-order valence-electron chi connectivity index (χ0n) is 13.3. The Balaban J connectivity index is 1.84. The number of rotatable bonds is 3. The molecule has 0 bridgehead atoms. The van der Waals surface area contributed by atoms with E-state index in [1.54, 1.807) is 17.6 Å². The summed E-state index contributed by atoms with van der Waals surface area (Å²) in [6, 6.07) is 3.89. The lowest BCUT2D eigenvalue weighted by molar-refractivity contribution is 0.0477. The highest BCUT2D eigenvalue weighted by Crippen LogP contribution is 2.26. The van der Waals surface area contributed by atoms with Gasteiger partial charge < -0.3 is 9.47 Å². The van der Waals surface area contributed by atoms with E-state index in [2.05, 4.69) is 22.9 Å². The minimum atomic E-state index is -0.0495. The van der Waals surface area contributed by atoms with Crippen molar-refractivity contribution in [1.29, 1.82) is 5.26 Å². The Hall–Kier alpha value is -2.17. The lowest BCUT2D eigenvalue weighted by Gasteiger charge is -2.40. The number of amides is 1. The number of carbonyl (C=O) groups is 1. The Morgan fingerprint density at radius 3 is 3.00 bits per heavy atom. The molecule has 2 aromatic rings. The number of nitriles is 1. The van der Waals surface area contributed by atoms with Crippen LogP contribution in [0.2, 0.25) is 0 Å². The molecule has 23 heavy (non-hydrogen) atoms. The van der Waals surface area contributed by atoms with Gasteiger partial charge >= 0.3 is 0 Å². The third-order valence-electron chi connectivity index (χ3n) is 4.32. The van der Waals surface area contributed by atoms with Gasteiger partial charge in [0.25, 0.3) is 5.91 Å². The highest BCUT2D eigenvalue weighted by Gasteiger charge is 2.33. The SMILES string of the molecule is CCN1CCN(C(=O)c2sccc2C#N)C[C@@H]1c1nccn1C. The molecule has 7 heteroatoms. The molecule has 3 heterocycles. The van der Waals surface area contributed by atoms with Crippen molar-refractivity contribution in [3.8, 4) is 6.07 Å². The first-order valence-electron chi connectivity index (χ1n) is 7.63. The summed E-state index contributed by atoms with van der Waals surface area (Å²) in [5.74, 6) is 0.919. The number of nitrogens with zero attached hydrogens (tertiary/aromatic N) is 5. The lowest BCUT2D eigenvalue weighted by Crippen LogP contribution is -2.50. The highest BCUT2D eigenvalue weighted by atomic mass is 32.1. The van der Waals surface area contributed by atoms with Crippen LogP contribution in [0.4, 0.5) is 0 Å². The van der Waals surface area contributed by atoms with E-state index in [1.165, 1.54) is 11.3 Å². The first-order valence-corrected chi connectivity index (χ1v) is 8.51. The molecule has 0 spiro atoms. The molecular formula is C16H19N5OS. The number of imidazole rings is 1. The van der Waals surface area contributed by atoms with E-state index in [1.807, 2.05) is 22.7 Å². The predicted molar refractivity (Wildman–Crippen MR) is 88.1 cm³/mol. The number of thiophene rings is 1. The Labute approximate surface area is 139 Å². The minimum Gasteiger partial charge on any atom is -0.337 e. The summed E-state index contributed by atoms with van der Waals surface area (Å²) >= 11 is 1.34. The van der Waals surface area contributed by atoms with Gasteiger partial charge in [-0.05, 0) is 18.0 Å². The third-order valence-corrected chi connectivity index (χ3v) is 5.22. The van der Waals surface area contributed by atoms with Gasteiger partial charge in [0.05, 0.1) is 11.6 Å². The number of aryl methyl sites for hydroxylation is 1. The molecule has 1 amide bonds. The fraction of sp³-hybridized carbons (Fsp3) is 0.438. The van der Waals surface area contributed by atoms with Gasteiger partial charge in [-0.1, -0.05) is 6.92 Å². The zero-order valence-corrected chi connectivity index (χ0v) is 14.1. The van der Waals surface area contributed by atoms with Crippen LogP contribution in [0.3, 0.4) is 0 Å². The molecule has 0 aromatic carbocycles. The maximum Gasteiger partial charge on any atom is 0.265 e. The summed E-state index contributed by atoms with van der Waals surface area (Å²) in [5.41, 5.74) is 0.464. The Morgan fingerprint density at radius 2 is 2.35 bits per heavy atom. The van der Waals surface area contributed by atoms with Crippen molar-refractivity contribution in [3.63, 3.8) is 0 Å². The van der Waals surface area contributed by atoms with Crippen molar-refractivity contribution in [2.75, 3.05) is 26.2 Å². The second kappa shape index (κ2) is 6.52. The smallest absolute Gasteiger partial charge is 0.265 e. The van der Waals surface area contributed by atoms with Crippen molar-refractivity contribution in [3.05, 3.63) is 40.1 Å². The van der Waals surface area contributed by atoms with E-state index in [0.29, 0.717) is 23.5 Å². The summed E-state index contributed by atoms with van der Waals surface area (Å²) in [5, 5.41) is 10.9. The molecule has 1 aliphatic rings. The van der Waals surface area contributed by atoms with Gasteiger partial charge in [0.15, 0.2) is 0 Å². The molecule has 2 aromatic heterocycles. The summed E-state index contributed by atoms with van der Waals surface area (Å²) < 4.78 is 2.01. The number of hydrogen-bond acceptors (Lipinski definition) is 5. The molecule has 1 saturated heterocycles. The second-order valence-corrected chi connectivity index (χ2v) is 6.48. The molecule has 0 saturated carbocycles. The molecule has 1 atom stereocenters. The zero-order chi connectivity index (χ0) is 16.4. The standard InChI is InChI=1S/C16H19N5OS/c1-3-20-7-8-21(11-13(20)15-18-5-6-19(15)2)16(22)14-12(10-17)4-9-23-14/h4-6,9,13H,3,7-8,11H2,1-2H3/t13-/m1/s1. The van der Waals surface area contributed by atoms with Gasteiger partial charge in [-0.25, -0.2) is 4.98 Å². The average Bonchev–Trinajstić information content (AvgIpc) is 3.22. The topological polar surface area (TPSA) is 65.2 Å². The summed E-state index contributed by atoms with van der Waals surface area (Å²) in [6.45, 7) is 5.13. The summed E-state index contributed by atoms with van der Waals surface area (Å²) in [4.78, 5) is 22.0. The Morgan fingerprint density at radius 1 is 1.52 bits per heavy atom. The van der Waals surface area contributed by atoms with Crippen LogP contribution in [0, 0.1) is 11.3 Å². The normalized spacial score (nSPS) is 18.8. The molecule has 0 radical (unpaired) electrons. The van der Waals surface area contributed by atoms with E-state index in [0.717, 1.165) is 18.9 Å². The molecule has 1 fully saturated rings. The molecule has 0 aliphatic carbocycles. The van der Waals surface area contributed by atoms with Crippen LogP contribution in [0.1, 0.15) is 34.0 Å². The quantitative estimate of drug-likeness (QED) is 0.862. The van der Waals surface area contributed by atoms with Gasteiger partial charge in [-0.3, -0.25) is 9.69 Å². The van der Waals surface area contributed by atoms with Gasteiger partial charge in [0.2, 0.25) is 0 Å². The number of carbonyl (C=O) groups excluding carboxylic acids is 1. The molecule has 120 valence electrons. The van der Waals surface area contributed by atoms with E-state index < -0.39 is 0 Å². The fourth-order valence-corrected chi connectivity index (χ4v) is 3.84. The monoisotopic (exact) mass is 329 g/mol. The number of aromatic nitrogens is 2. The van der Waals surface area contributed by atoms with Gasteiger partial charge in [-0.2, -0.15) is 5.26 Å². The van der Waals surface area contributed by atoms with Gasteiger partial charge in [0, 0.05) is 39.1 Å². The molecule has 0 N–H and O–H groups in total. The van der Waals surface area contributed by atoms with E-state index in [-0.39, 0.29) is 11.9 Å². The van der Waals surface area contributed by atoms with Crippen LogP contribution in [0.15, 0.2) is 23.8 Å². The first kappa shape index (κ1) is 15.7. The second-order valence-electron chi connectivity index (χ2n) is 5.57. The molecule has 1 aliphatic heterocycles. The van der Waals surface area contributed by atoms with Crippen LogP contribution in [0.5, 0.6) is 0 Å². The van der Waals surface area contributed by atoms with Crippen LogP contribution in [-0.4, -0.2) is 51.4 Å².